The molecule has 1 fully saturated rings. The molecule has 4 aromatic rings. The number of fused-ring (bicyclic) bond motifs is 2. The number of anilines is 3. The van der Waals surface area contributed by atoms with Crippen molar-refractivity contribution in [3.8, 4) is 11.3 Å². The zero-order valence-electron chi connectivity index (χ0n) is 19.5. The highest BCUT2D eigenvalue weighted by atomic mass is 19.1. The number of hydrogen-bond acceptors (Lipinski definition) is 8. The summed E-state index contributed by atoms with van der Waals surface area (Å²) in [4.78, 5) is 40.4. The number of benzene rings is 1. The van der Waals surface area contributed by atoms with Gasteiger partial charge >= 0.3 is 6.09 Å². The average Bonchev–Trinajstić information content (AvgIpc) is 3.48. The Morgan fingerprint density at radius 2 is 2.00 bits per heavy atom. The first kappa shape index (κ1) is 22.9. The molecule has 37 heavy (non-hydrogen) atoms. The third kappa shape index (κ3) is 3.91. The Morgan fingerprint density at radius 3 is 2.76 bits per heavy atom. The van der Waals surface area contributed by atoms with Crippen molar-refractivity contribution in [2.75, 3.05) is 23.3 Å². The van der Waals surface area contributed by atoms with Crippen LogP contribution in [0.1, 0.15) is 22.3 Å². The van der Waals surface area contributed by atoms with Gasteiger partial charge in [0, 0.05) is 31.0 Å². The van der Waals surface area contributed by atoms with Crippen molar-refractivity contribution < 1.29 is 24.2 Å². The van der Waals surface area contributed by atoms with E-state index in [1.165, 1.54) is 0 Å². The number of carbonyl (C=O) groups excluding carboxylic acids is 1. The number of piperidine rings is 1. The van der Waals surface area contributed by atoms with Crippen molar-refractivity contribution in [1.82, 2.24) is 24.3 Å². The van der Waals surface area contributed by atoms with E-state index in [1.54, 1.807) is 49.2 Å². The molecule has 2 aliphatic rings. The first-order valence-electron chi connectivity index (χ1n) is 11.7. The molecule has 3 aromatic heterocycles. The van der Waals surface area contributed by atoms with E-state index in [-0.39, 0.29) is 25.1 Å². The van der Waals surface area contributed by atoms with Gasteiger partial charge in [-0.25, -0.2) is 24.1 Å². The lowest BCUT2D eigenvalue weighted by Crippen LogP contribution is -2.45. The smallest absolute Gasteiger partial charge is 0.414 e. The quantitative estimate of drug-likeness (QED) is 0.384. The van der Waals surface area contributed by atoms with Gasteiger partial charge in [0.2, 0.25) is 0 Å². The van der Waals surface area contributed by atoms with Crippen LogP contribution in [0.15, 0.2) is 55.2 Å². The molecule has 1 saturated heterocycles. The van der Waals surface area contributed by atoms with Gasteiger partial charge < -0.3 is 20.4 Å². The van der Waals surface area contributed by atoms with Gasteiger partial charge in [-0.05, 0) is 30.2 Å². The largest absolute Gasteiger partial charge is 0.465 e. The van der Waals surface area contributed by atoms with Crippen LogP contribution >= 0.6 is 0 Å². The van der Waals surface area contributed by atoms with Gasteiger partial charge in [0.05, 0.1) is 47.8 Å². The van der Waals surface area contributed by atoms with Gasteiger partial charge in [-0.3, -0.25) is 14.2 Å². The highest BCUT2D eigenvalue weighted by Gasteiger charge is 2.37. The first-order chi connectivity index (χ1) is 17.9. The molecular formula is C25H22FN7O4. The molecule has 2 amide bonds. The summed E-state index contributed by atoms with van der Waals surface area (Å²) in [5, 5.41) is 22.6. The SMILES string of the molecule is O=C(O)N1Cc2c(-c3cnc4cnccn34)ccc(Nc3ccc(N4CCC(F)C(O)C4)cn3)c2C1=O. The third-order valence-corrected chi connectivity index (χ3v) is 6.79. The van der Waals surface area contributed by atoms with Gasteiger partial charge in [0.15, 0.2) is 5.65 Å². The monoisotopic (exact) mass is 503 g/mol. The Kier molecular flexibility index (Phi) is 5.45. The minimum Gasteiger partial charge on any atom is -0.465 e. The summed E-state index contributed by atoms with van der Waals surface area (Å²) in [5.74, 6) is -0.177. The molecule has 0 saturated carbocycles. The van der Waals surface area contributed by atoms with Crippen molar-refractivity contribution in [1.29, 1.82) is 0 Å². The molecule has 0 spiro atoms. The highest BCUT2D eigenvalue weighted by Crippen LogP contribution is 2.38. The fourth-order valence-electron chi connectivity index (χ4n) is 4.88. The molecule has 0 radical (unpaired) electrons. The number of nitrogens with zero attached hydrogens (tertiary/aromatic N) is 6. The number of aliphatic hydroxyl groups excluding tert-OH is 1. The zero-order chi connectivity index (χ0) is 25.7. The Morgan fingerprint density at radius 1 is 1.14 bits per heavy atom. The summed E-state index contributed by atoms with van der Waals surface area (Å²) in [6.07, 6.45) is 4.91. The number of nitrogens with one attached hydrogen (secondary N) is 1. The second-order valence-electron chi connectivity index (χ2n) is 8.98. The number of β-amino-alcohol motifs (C(OH)–C–C–N with tert-alkyl or cyclic N) is 1. The Bertz CT molecular complexity index is 1520. The Labute approximate surface area is 209 Å². The van der Waals surface area contributed by atoms with Crippen molar-refractivity contribution in [2.24, 2.45) is 0 Å². The number of aliphatic hydroxyl groups is 1. The van der Waals surface area contributed by atoms with Crippen molar-refractivity contribution >= 4 is 34.8 Å². The number of rotatable bonds is 4. The van der Waals surface area contributed by atoms with Crippen LogP contribution < -0.4 is 10.2 Å². The maximum absolute atomic E-state index is 13.6. The molecule has 2 atom stereocenters. The lowest BCUT2D eigenvalue weighted by atomic mass is 9.99. The summed E-state index contributed by atoms with van der Waals surface area (Å²) in [5.41, 5.74) is 4.01. The summed E-state index contributed by atoms with van der Waals surface area (Å²) in [6.45, 7) is 0.565. The van der Waals surface area contributed by atoms with Crippen LogP contribution in [0.2, 0.25) is 0 Å². The van der Waals surface area contributed by atoms with Gasteiger partial charge in [-0.15, -0.1) is 0 Å². The molecule has 12 heteroatoms. The van der Waals surface area contributed by atoms with Gasteiger partial charge in [0.1, 0.15) is 18.1 Å². The van der Waals surface area contributed by atoms with Gasteiger partial charge in [-0.1, -0.05) is 6.07 Å². The van der Waals surface area contributed by atoms with E-state index in [1.807, 2.05) is 15.4 Å². The number of hydrogen-bond donors (Lipinski definition) is 3. The highest BCUT2D eigenvalue weighted by molar-refractivity contribution is 6.11. The van der Waals surface area contributed by atoms with Crippen LogP contribution in [0.3, 0.4) is 0 Å². The number of pyridine rings is 1. The summed E-state index contributed by atoms with van der Waals surface area (Å²) in [7, 11) is 0. The van der Waals surface area contributed by atoms with Crippen LogP contribution in [0.5, 0.6) is 0 Å². The van der Waals surface area contributed by atoms with Crippen molar-refractivity contribution in [3.63, 3.8) is 0 Å². The molecule has 0 aliphatic carbocycles. The van der Waals surface area contributed by atoms with Crippen LogP contribution in [-0.2, 0) is 6.54 Å². The van der Waals surface area contributed by atoms with E-state index in [2.05, 4.69) is 20.3 Å². The summed E-state index contributed by atoms with van der Waals surface area (Å²) >= 11 is 0. The number of imide groups is 1. The van der Waals surface area contributed by atoms with E-state index in [4.69, 9.17) is 0 Å². The number of aromatic nitrogens is 4. The summed E-state index contributed by atoms with van der Waals surface area (Å²) in [6, 6.07) is 7.05. The normalized spacial score (nSPS) is 19.4. The van der Waals surface area contributed by atoms with Crippen LogP contribution in [0.4, 0.5) is 26.4 Å². The zero-order valence-corrected chi connectivity index (χ0v) is 19.5. The molecule has 188 valence electrons. The fraction of sp³-hybridized carbons (Fsp3) is 0.240. The number of carboxylic acid groups (broad SMARTS) is 1. The van der Waals surface area contributed by atoms with E-state index in [9.17, 15) is 24.2 Å². The predicted octanol–water partition coefficient (Wildman–Crippen LogP) is 3.08. The second kappa shape index (κ2) is 8.82. The maximum atomic E-state index is 13.6. The molecule has 0 bridgehead atoms. The number of alkyl halides is 1. The van der Waals surface area contributed by atoms with Gasteiger partial charge in [0.25, 0.3) is 5.91 Å². The number of amides is 2. The topological polar surface area (TPSA) is 136 Å². The van der Waals surface area contributed by atoms with E-state index < -0.39 is 24.3 Å². The molecule has 5 heterocycles. The number of halogens is 1. The molecule has 2 unspecified atom stereocenters. The molecule has 1 aromatic carbocycles. The minimum atomic E-state index is -1.33. The standard InChI is InChI=1S/C25H22FN7O4/c26-17-5-7-31(13-20(17)34)14-1-4-21(28-9-14)30-18-3-2-15(16-12-33(25(36)37)24(35)23(16)18)19-10-29-22-11-27-6-8-32(19)22/h1-4,6,8-11,17,20,34H,5,7,12-13H2,(H,28,30)(H,36,37). The molecule has 2 aliphatic heterocycles. The number of carbonyl (C=O) groups is 2. The minimum absolute atomic E-state index is 0.0914. The van der Waals surface area contributed by atoms with Crippen LogP contribution in [0.25, 0.3) is 16.9 Å². The van der Waals surface area contributed by atoms with Crippen LogP contribution in [0, 0.1) is 0 Å². The second-order valence-corrected chi connectivity index (χ2v) is 8.98. The Balaban J connectivity index is 1.34. The summed E-state index contributed by atoms with van der Waals surface area (Å²) < 4.78 is 15.4. The van der Waals surface area contributed by atoms with Crippen molar-refractivity contribution in [2.45, 2.75) is 25.2 Å². The maximum Gasteiger partial charge on any atom is 0.414 e. The van der Waals surface area contributed by atoms with E-state index >= 15 is 0 Å². The lowest BCUT2D eigenvalue weighted by Gasteiger charge is -2.33. The fourth-order valence-corrected chi connectivity index (χ4v) is 4.88. The molecule has 6 rings (SSSR count). The molecule has 11 nitrogen and oxygen atoms in total. The van der Waals surface area contributed by atoms with E-state index in [0.29, 0.717) is 40.5 Å². The molecule has 3 N–H and O–H groups in total. The predicted molar refractivity (Wildman–Crippen MR) is 132 cm³/mol. The lowest BCUT2D eigenvalue weighted by molar-refractivity contribution is 0.0645. The third-order valence-electron chi connectivity index (χ3n) is 6.79. The van der Waals surface area contributed by atoms with Gasteiger partial charge in [-0.2, -0.15) is 0 Å². The van der Waals surface area contributed by atoms with Crippen molar-refractivity contribution in [3.05, 3.63) is 66.4 Å². The number of imidazole rings is 1. The molecular weight excluding hydrogens is 481 g/mol. The van der Waals surface area contributed by atoms with E-state index in [0.717, 1.165) is 10.6 Å². The van der Waals surface area contributed by atoms with Crippen LogP contribution in [-0.4, -0.2) is 71.8 Å². The Hall–Kier alpha value is -4.58. The first-order valence-corrected chi connectivity index (χ1v) is 11.7. The average molecular weight is 503 g/mol.